The van der Waals surface area contributed by atoms with Gasteiger partial charge in [0.05, 0.1) is 13.2 Å². The lowest BCUT2D eigenvalue weighted by Crippen LogP contribution is -2.05. The Bertz CT molecular complexity index is 319. The first kappa shape index (κ1) is 15.3. The van der Waals surface area contributed by atoms with Crippen molar-refractivity contribution in [1.82, 2.24) is 0 Å². The molecular formula is C13H18O4. The molecule has 0 fully saturated rings. The lowest BCUT2D eigenvalue weighted by atomic mass is 10.1. The number of aliphatic hydroxyl groups excluding tert-OH is 2. The number of rotatable bonds is 4. The Hall–Kier alpha value is -1.65. The first-order valence-corrected chi connectivity index (χ1v) is 5.25. The van der Waals surface area contributed by atoms with E-state index in [9.17, 15) is 4.79 Å². The van der Waals surface area contributed by atoms with Gasteiger partial charge >= 0.3 is 5.97 Å². The van der Waals surface area contributed by atoms with Crippen LogP contribution >= 0.6 is 0 Å². The van der Waals surface area contributed by atoms with Crippen molar-refractivity contribution in [3.8, 4) is 0 Å². The molecule has 0 heterocycles. The maximum absolute atomic E-state index is 10.9. The molecule has 1 unspecified atom stereocenters. The zero-order valence-corrected chi connectivity index (χ0v) is 9.87. The number of carbonyl (C=O) groups excluding carboxylic acids is 1. The molecule has 1 aromatic carbocycles. The average Bonchev–Trinajstić information content (AvgIpc) is 2.39. The predicted octanol–water partition coefficient (Wildman–Crippen LogP) is 1.45. The van der Waals surface area contributed by atoms with Crippen LogP contribution in [0, 0.1) is 0 Å². The Labute approximate surface area is 101 Å². The number of ether oxygens (including phenoxy) is 1. The van der Waals surface area contributed by atoms with Gasteiger partial charge in [-0.2, -0.15) is 0 Å². The Morgan fingerprint density at radius 1 is 1.35 bits per heavy atom. The summed E-state index contributed by atoms with van der Waals surface area (Å²) >= 11 is 0. The van der Waals surface area contributed by atoms with Crippen molar-refractivity contribution in [3.63, 3.8) is 0 Å². The van der Waals surface area contributed by atoms with Crippen LogP contribution in [0.5, 0.6) is 0 Å². The summed E-state index contributed by atoms with van der Waals surface area (Å²) in [6.07, 6.45) is 0.950. The van der Waals surface area contributed by atoms with Gasteiger partial charge in [-0.1, -0.05) is 36.9 Å². The summed E-state index contributed by atoms with van der Waals surface area (Å²) in [5.41, 5.74) is 0.984. The average molecular weight is 238 g/mol. The molecular weight excluding hydrogens is 220 g/mol. The molecule has 1 rings (SSSR count). The molecule has 4 nitrogen and oxygen atoms in total. The number of esters is 1. The molecule has 0 spiro atoms. The molecule has 0 aliphatic heterocycles. The van der Waals surface area contributed by atoms with Gasteiger partial charge in [0.25, 0.3) is 0 Å². The molecule has 0 aliphatic rings. The molecule has 1 aromatic rings. The molecule has 2 N–H and O–H groups in total. The van der Waals surface area contributed by atoms with Gasteiger partial charge in [-0.05, 0) is 12.5 Å². The van der Waals surface area contributed by atoms with Crippen LogP contribution in [0.2, 0.25) is 0 Å². The Kier molecular flexibility index (Phi) is 8.64. The van der Waals surface area contributed by atoms with Crippen LogP contribution in [0.3, 0.4) is 0 Å². The van der Waals surface area contributed by atoms with Crippen molar-refractivity contribution in [2.24, 2.45) is 0 Å². The summed E-state index contributed by atoms with van der Waals surface area (Å²) in [5, 5.41) is 15.2. The third kappa shape index (κ3) is 7.27. The first-order chi connectivity index (χ1) is 8.15. The van der Waals surface area contributed by atoms with E-state index in [4.69, 9.17) is 14.9 Å². The predicted molar refractivity (Wildman–Crippen MR) is 65.3 cm³/mol. The van der Waals surface area contributed by atoms with Gasteiger partial charge in [-0.3, -0.25) is 0 Å². The van der Waals surface area contributed by atoms with Crippen LogP contribution in [0.1, 0.15) is 18.6 Å². The van der Waals surface area contributed by atoms with E-state index >= 15 is 0 Å². The zero-order valence-electron chi connectivity index (χ0n) is 9.87. The summed E-state index contributed by atoms with van der Waals surface area (Å²) in [6, 6.07) is 9.58. The van der Waals surface area contributed by atoms with Crippen LogP contribution in [-0.4, -0.2) is 29.4 Å². The van der Waals surface area contributed by atoms with E-state index in [1.54, 1.807) is 0 Å². The minimum absolute atomic E-state index is 0.125. The zero-order chi connectivity index (χ0) is 13.1. The fraction of sp³-hybridized carbons (Fsp3) is 0.308. The highest BCUT2D eigenvalue weighted by Crippen LogP contribution is 2.15. The van der Waals surface area contributed by atoms with Crippen LogP contribution in [-0.2, 0) is 9.53 Å². The quantitative estimate of drug-likeness (QED) is 0.615. The largest absolute Gasteiger partial charge is 0.455 e. The van der Waals surface area contributed by atoms with E-state index in [1.807, 2.05) is 37.3 Å². The minimum atomic E-state index is -0.392. The van der Waals surface area contributed by atoms with Crippen molar-refractivity contribution in [1.29, 1.82) is 0 Å². The molecule has 4 heteroatoms. The molecule has 0 aromatic heterocycles. The third-order valence-corrected chi connectivity index (χ3v) is 1.83. The van der Waals surface area contributed by atoms with Gasteiger partial charge in [0.2, 0.25) is 0 Å². The highest BCUT2D eigenvalue weighted by atomic mass is 16.5. The maximum atomic E-state index is 10.9. The van der Waals surface area contributed by atoms with Crippen molar-refractivity contribution >= 4 is 5.97 Å². The Morgan fingerprint density at radius 2 is 1.88 bits per heavy atom. The topological polar surface area (TPSA) is 66.8 Å². The second-order valence-electron chi connectivity index (χ2n) is 3.14. The third-order valence-electron chi connectivity index (χ3n) is 1.83. The Balaban J connectivity index is 0.000000557. The highest BCUT2D eigenvalue weighted by Gasteiger charge is 2.07. The molecule has 94 valence electrons. The maximum Gasteiger partial charge on any atom is 0.330 e. The van der Waals surface area contributed by atoms with Crippen molar-refractivity contribution in [2.75, 3.05) is 13.2 Å². The van der Waals surface area contributed by atoms with Crippen molar-refractivity contribution in [3.05, 3.63) is 48.6 Å². The Morgan fingerprint density at radius 3 is 2.29 bits per heavy atom. The van der Waals surface area contributed by atoms with Gasteiger partial charge in [-0.15, -0.1) is 0 Å². The van der Waals surface area contributed by atoms with Gasteiger partial charge in [0.15, 0.2) is 0 Å². The van der Waals surface area contributed by atoms with Crippen LogP contribution < -0.4 is 0 Å². The van der Waals surface area contributed by atoms with E-state index < -0.39 is 5.97 Å². The SMILES string of the molecule is C=CC(=O)OC(C)c1ccccc1.OCCO. The van der Waals surface area contributed by atoms with Gasteiger partial charge in [0, 0.05) is 6.08 Å². The standard InChI is InChI=1S/C11H12O2.C2H6O2/c1-3-11(12)13-9(2)10-7-5-4-6-8-10;3-1-2-4/h3-9H,1H2,2H3;3-4H,1-2H2. The van der Waals surface area contributed by atoms with Gasteiger partial charge in [0.1, 0.15) is 6.10 Å². The molecule has 17 heavy (non-hydrogen) atoms. The second-order valence-corrected chi connectivity index (χ2v) is 3.14. The molecule has 0 saturated carbocycles. The summed E-state index contributed by atoms with van der Waals surface area (Å²) < 4.78 is 5.03. The lowest BCUT2D eigenvalue weighted by molar-refractivity contribution is -0.142. The smallest absolute Gasteiger partial charge is 0.330 e. The van der Waals surface area contributed by atoms with E-state index in [-0.39, 0.29) is 19.3 Å². The number of hydrogen-bond acceptors (Lipinski definition) is 4. The normalized spacial score (nSPS) is 10.8. The van der Waals surface area contributed by atoms with Crippen molar-refractivity contribution < 1.29 is 19.7 Å². The van der Waals surface area contributed by atoms with Crippen LogP contribution in [0.15, 0.2) is 43.0 Å². The molecule has 0 amide bonds. The monoisotopic (exact) mass is 238 g/mol. The van der Waals surface area contributed by atoms with Gasteiger partial charge < -0.3 is 14.9 Å². The first-order valence-electron chi connectivity index (χ1n) is 5.25. The van der Waals surface area contributed by atoms with E-state index in [1.165, 1.54) is 6.08 Å². The van der Waals surface area contributed by atoms with Crippen LogP contribution in [0.4, 0.5) is 0 Å². The minimum Gasteiger partial charge on any atom is -0.455 e. The number of aliphatic hydroxyl groups is 2. The fourth-order valence-electron chi connectivity index (χ4n) is 1.01. The lowest BCUT2D eigenvalue weighted by Gasteiger charge is -2.11. The molecule has 0 bridgehead atoms. The summed E-state index contributed by atoms with van der Waals surface area (Å²) in [5.74, 6) is -0.392. The van der Waals surface area contributed by atoms with E-state index in [0.717, 1.165) is 5.56 Å². The summed E-state index contributed by atoms with van der Waals surface area (Å²) in [7, 11) is 0. The van der Waals surface area contributed by atoms with Crippen molar-refractivity contribution in [2.45, 2.75) is 13.0 Å². The molecule has 0 radical (unpaired) electrons. The summed E-state index contributed by atoms with van der Waals surface area (Å²) in [6.45, 7) is 4.91. The van der Waals surface area contributed by atoms with Crippen LogP contribution in [0.25, 0.3) is 0 Å². The highest BCUT2D eigenvalue weighted by molar-refractivity contribution is 5.81. The van der Waals surface area contributed by atoms with E-state index in [2.05, 4.69) is 6.58 Å². The number of hydrogen-bond donors (Lipinski definition) is 2. The fourth-order valence-corrected chi connectivity index (χ4v) is 1.01. The second kappa shape index (κ2) is 9.57. The number of carbonyl (C=O) groups is 1. The summed E-state index contributed by atoms with van der Waals surface area (Å²) in [4.78, 5) is 10.9. The molecule has 1 atom stereocenters. The van der Waals surface area contributed by atoms with E-state index in [0.29, 0.717) is 0 Å². The number of benzene rings is 1. The van der Waals surface area contributed by atoms with Gasteiger partial charge in [-0.25, -0.2) is 4.79 Å². The molecule has 0 saturated heterocycles. The molecule has 0 aliphatic carbocycles.